The molecule has 0 saturated carbocycles. The van der Waals surface area contributed by atoms with Gasteiger partial charge >= 0.3 is 5.97 Å². The van der Waals surface area contributed by atoms with Gasteiger partial charge in [-0.15, -0.1) is 0 Å². The van der Waals surface area contributed by atoms with Crippen LogP contribution in [0.2, 0.25) is 0 Å². The summed E-state index contributed by atoms with van der Waals surface area (Å²) in [6.45, 7) is 5.67. The van der Waals surface area contributed by atoms with Gasteiger partial charge in [-0.2, -0.15) is 0 Å². The van der Waals surface area contributed by atoms with Crippen LogP contribution in [-0.4, -0.2) is 11.1 Å². The van der Waals surface area contributed by atoms with E-state index in [-0.39, 0.29) is 6.42 Å². The minimum atomic E-state index is -0.771. The van der Waals surface area contributed by atoms with Gasteiger partial charge in [0.15, 0.2) is 0 Å². The molecule has 0 saturated heterocycles. The predicted molar refractivity (Wildman–Crippen MR) is 54.6 cm³/mol. The van der Waals surface area contributed by atoms with E-state index in [1.165, 1.54) is 0 Å². The van der Waals surface area contributed by atoms with E-state index in [0.717, 1.165) is 12.0 Å². The highest BCUT2D eigenvalue weighted by atomic mass is 16.4. The Hall–Kier alpha value is -1.31. The second-order valence-corrected chi connectivity index (χ2v) is 2.68. The monoisotopic (exact) mass is 180 g/mol. The Balaban J connectivity index is 4.01. The lowest BCUT2D eigenvalue weighted by atomic mass is 10.1. The number of hydrogen-bond donors (Lipinski definition) is 1. The van der Waals surface area contributed by atoms with Gasteiger partial charge in [0.25, 0.3) is 0 Å². The summed E-state index contributed by atoms with van der Waals surface area (Å²) in [5.74, 6) is -0.771. The van der Waals surface area contributed by atoms with Gasteiger partial charge in [0.1, 0.15) is 0 Å². The Labute approximate surface area is 79.3 Å². The van der Waals surface area contributed by atoms with E-state index in [4.69, 9.17) is 5.11 Å². The van der Waals surface area contributed by atoms with E-state index in [2.05, 4.69) is 13.5 Å². The van der Waals surface area contributed by atoms with Crippen LogP contribution in [0, 0.1) is 0 Å². The first-order valence-electron chi connectivity index (χ1n) is 4.40. The molecule has 2 heteroatoms. The van der Waals surface area contributed by atoms with Crippen molar-refractivity contribution in [3.8, 4) is 0 Å². The summed E-state index contributed by atoms with van der Waals surface area (Å²) < 4.78 is 0. The quantitative estimate of drug-likeness (QED) is 0.638. The highest BCUT2D eigenvalue weighted by molar-refractivity contribution is 5.67. The van der Waals surface area contributed by atoms with Gasteiger partial charge in [-0.25, -0.2) is 0 Å². The number of carboxylic acid groups (broad SMARTS) is 1. The lowest BCUT2D eigenvalue weighted by molar-refractivity contribution is -0.136. The first kappa shape index (κ1) is 11.7. The molecule has 0 aromatic rings. The molecule has 13 heavy (non-hydrogen) atoms. The highest BCUT2D eigenvalue weighted by Crippen LogP contribution is 2.06. The molecule has 1 N–H and O–H groups in total. The van der Waals surface area contributed by atoms with Crippen LogP contribution in [0.15, 0.2) is 36.5 Å². The molecule has 0 spiro atoms. The summed E-state index contributed by atoms with van der Waals surface area (Å²) in [7, 11) is 0. The molecule has 0 aliphatic heterocycles. The van der Waals surface area contributed by atoms with Crippen molar-refractivity contribution in [1.82, 2.24) is 0 Å². The van der Waals surface area contributed by atoms with Gasteiger partial charge in [-0.3, -0.25) is 4.79 Å². The summed E-state index contributed by atoms with van der Waals surface area (Å²) in [5.41, 5.74) is 0.965. The van der Waals surface area contributed by atoms with E-state index in [0.29, 0.717) is 6.42 Å². The second kappa shape index (κ2) is 7.35. The fourth-order valence-electron chi connectivity index (χ4n) is 0.832. The van der Waals surface area contributed by atoms with Crippen molar-refractivity contribution in [2.24, 2.45) is 0 Å². The SMILES string of the molecule is C=C/C(=C\C=C/CC)CCC(=O)O. The van der Waals surface area contributed by atoms with Crippen molar-refractivity contribution in [2.75, 3.05) is 0 Å². The van der Waals surface area contributed by atoms with Crippen molar-refractivity contribution in [1.29, 1.82) is 0 Å². The minimum absolute atomic E-state index is 0.165. The zero-order valence-electron chi connectivity index (χ0n) is 7.99. The van der Waals surface area contributed by atoms with Crippen LogP contribution in [0.3, 0.4) is 0 Å². The van der Waals surface area contributed by atoms with Crippen LogP contribution < -0.4 is 0 Å². The Bertz CT molecular complexity index is 224. The Morgan fingerprint density at radius 2 is 2.15 bits per heavy atom. The zero-order valence-corrected chi connectivity index (χ0v) is 7.99. The molecule has 0 unspecified atom stereocenters. The largest absolute Gasteiger partial charge is 0.481 e. The first-order valence-corrected chi connectivity index (χ1v) is 4.40. The second-order valence-electron chi connectivity index (χ2n) is 2.68. The maximum atomic E-state index is 10.3. The van der Waals surface area contributed by atoms with E-state index in [1.54, 1.807) is 6.08 Å². The van der Waals surface area contributed by atoms with E-state index in [1.807, 2.05) is 18.2 Å². The van der Waals surface area contributed by atoms with Crippen LogP contribution in [-0.2, 0) is 4.79 Å². The summed E-state index contributed by atoms with van der Waals surface area (Å²) in [6.07, 6.45) is 9.25. The maximum absolute atomic E-state index is 10.3. The molecule has 0 aliphatic carbocycles. The van der Waals surface area contributed by atoms with Gasteiger partial charge in [0, 0.05) is 6.42 Å². The van der Waals surface area contributed by atoms with Crippen molar-refractivity contribution >= 4 is 5.97 Å². The summed E-state index contributed by atoms with van der Waals surface area (Å²) in [4.78, 5) is 10.3. The van der Waals surface area contributed by atoms with Crippen LogP contribution >= 0.6 is 0 Å². The van der Waals surface area contributed by atoms with Crippen LogP contribution in [0.25, 0.3) is 0 Å². The fraction of sp³-hybridized carbons (Fsp3) is 0.364. The Kier molecular flexibility index (Phi) is 6.60. The molecule has 0 aromatic heterocycles. The molecule has 0 amide bonds. The smallest absolute Gasteiger partial charge is 0.303 e. The molecular weight excluding hydrogens is 164 g/mol. The van der Waals surface area contributed by atoms with Crippen molar-refractivity contribution in [3.63, 3.8) is 0 Å². The Morgan fingerprint density at radius 1 is 1.46 bits per heavy atom. The summed E-state index contributed by atoms with van der Waals surface area (Å²) in [6, 6.07) is 0. The van der Waals surface area contributed by atoms with Crippen molar-refractivity contribution in [3.05, 3.63) is 36.5 Å². The number of allylic oxidation sites excluding steroid dienone is 5. The summed E-state index contributed by atoms with van der Waals surface area (Å²) in [5, 5.41) is 8.45. The molecular formula is C11H16O2. The van der Waals surface area contributed by atoms with Crippen molar-refractivity contribution < 1.29 is 9.90 Å². The average Bonchev–Trinajstić information content (AvgIpc) is 2.10. The lowest BCUT2D eigenvalue weighted by Crippen LogP contribution is -1.94. The zero-order chi connectivity index (χ0) is 10.1. The number of carboxylic acids is 1. The number of hydrogen-bond acceptors (Lipinski definition) is 1. The van der Waals surface area contributed by atoms with Gasteiger partial charge in [-0.1, -0.05) is 37.8 Å². The van der Waals surface area contributed by atoms with Gasteiger partial charge < -0.3 is 5.11 Å². The first-order chi connectivity index (χ1) is 6.20. The van der Waals surface area contributed by atoms with E-state index < -0.39 is 5.97 Å². The highest BCUT2D eigenvalue weighted by Gasteiger charge is 1.97. The van der Waals surface area contributed by atoms with Gasteiger partial charge in [0.2, 0.25) is 0 Å². The molecule has 0 radical (unpaired) electrons. The maximum Gasteiger partial charge on any atom is 0.303 e. The molecule has 0 atom stereocenters. The van der Waals surface area contributed by atoms with Crippen molar-refractivity contribution in [2.45, 2.75) is 26.2 Å². The van der Waals surface area contributed by atoms with Crippen LogP contribution in [0.1, 0.15) is 26.2 Å². The number of rotatable bonds is 6. The number of aliphatic carboxylic acids is 1. The van der Waals surface area contributed by atoms with Crippen LogP contribution in [0.5, 0.6) is 0 Å². The van der Waals surface area contributed by atoms with E-state index in [9.17, 15) is 4.79 Å². The third-order valence-electron chi connectivity index (χ3n) is 1.57. The van der Waals surface area contributed by atoms with Crippen LogP contribution in [0.4, 0.5) is 0 Å². The van der Waals surface area contributed by atoms with E-state index >= 15 is 0 Å². The molecule has 0 bridgehead atoms. The van der Waals surface area contributed by atoms with Gasteiger partial charge in [-0.05, 0) is 18.4 Å². The minimum Gasteiger partial charge on any atom is -0.481 e. The number of carbonyl (C=O) groups is 1. The Morgan fingerprint density at radius 3 is 2.62 bits per heavy atom. The fourth-order valence-corrected chi connectivity index (χ4v) is 0.832. The van der Waals surface area contributed by atoms with Gasteiger partial charge in [0.05, 0.1) is 0 Å². The average molecular weight is 180 g/mol. The molecule has 0 rings (SSSR count). The normalized spacial score (nSPS) is 11.9. The lowest BCUT2D eigenvalue weighted by Gasteiger charge is -1.96. The molecule has 2 nitrogen and oxygen atoms in total. The third-order valence-corrected chi connectivity index (χ3v) is 1.57. The predicted octanol–water partition coefficient (Wildman–Crippen LogP) is 2.93. The molecule has 0 heterocycles. The molecule has 0 aromatic carbocycles. The standard InChI is InChI=1S/C11H16O2/c1-3-5-6-7-10(4-2)8-9-11(12)13/h4-7H,2-3,8-9H2,1H3,(H,12,13)/b6-5-,10-7+. The summed E-state index contributed by atoms with van der Waals surface area (Å²) >= 11 is 0. The molecule has 0 aliphatic rings. The molecule has 72 valence electrons. The third kappa shape index (κ3) is 7.06. The topological polar surface area (TPSA) is 37.3 Å². The molecule has 0 fully saturated rings.